The topological polar surface area (TPSA) is 75.0 Å². The van der Waals surface area contributed by atoms with E-state index in [0.717, 1.165) is 5.56 Å². The van der Waals surface area contributed by atoms with Gasteiger partial charge in [0.25, 0.3) is 5.56 Å². The zero-order chi connectivity index (χ0) is 13.1. The van der Waals surface area contributed by atoms with E-state index >= 15 is 0 Å². The first-order chi connectivity index (χ1) is 8.60. The highest BCUT2D eigenvalue weighted by Gasteiger charge is 2.05. The van der Waals surface area contributed by atoms with E-state index in [1.165, 1.54) is 0 Å². The summed E-state index contributed by atoms with van der Waals surface area (Å²) >= 11 is 0. The predicted octanol–water partition coefficient (Wildman–Crippen LogP) is 0.570. The molecule has 1 heterocycles. The molecule has 92 valence electrons. The number of nitrogens with one attached hydrogen (secondary N) is 1. The van der Waals surface area contributed by atoms with Crippen molar-refractivity contribution in [1.82, 2.24) is 14.9 Å². The molecule has 0 unspecified atom stereocenters. The van der Waals surface area contributed by atoms with Crippen LogP contribution in [0.15, 0.2) is 23.0 Å². The molecular weight excluding hydrogens is 228 g/mol. The van der Waals surface area contributed by atoms with E-state index in [1.807, 2.05) is 24.1 Å². The molecule has 0 fully saturated rings. The van der Waals surface area contributed by atoms with E-state index in [2.05, 4.69) is 15.9 Å². The van der Waals surface area contributed by atoms with E-state index < -0.39 is 0 Å². The van der Waals surface area contributed by atoms with Crippen molar-refractivity contribution in [3.8, 4) is 12.3 Å². The Bertz CT molecular complexity index is 669. The van der Waals surface area contributed by atoms with Crippen LogP contribution in [-0.2, 0) is 6.54 Å². The lowest BCUT2D eigenvalue weighted by Gasteiger charge is -2.13. The van der Waals surface area contributed by atoms with Crippen LogP contribution in [0.25, 0.3) is 10.9 Å². The smallest absolute Gasteiger partial charge is 0.260 e. The van der Waals surface area contributed by atoms with Crippen LogP contribution in [0.5, 0.6) is 0 Å². The van der Waals surface area contributed by atoms with Crippen molar-refractivity contribution in [1.29, 1.82) is 0 Å². The van der Waals surface area contributed by atoms with Crippen LogP contribution in [-0.4, -0.2) is 28.5 Å². The van der Waals surface area contributed by atoms with E-state index in [-0.39, 0.29) is 11.5 Å². The third-order valence-corrected chi connectivity index (χ3v) is 2.60. The number of anilines is 1. The van der Waals surface area contributed by atoms with Gasteiger partial charge in [-0.15, -0.1) is 6.42 Å². The van der Waals surface area contributed by atoms with Crippen molar-refractivity contribution in [2.24, 2.45) is 0 Å². The number of rotatable bonds is 3. The molecule has 0 radical (unpaired) electrons. The molecule has 0 saturated heterocycles. The molecule has 5 nitrogen and oxygen atoms in total. The fraction of sp³-hybridized carbons (Fsp3) is 0.231. The number of nitrogen functional groups attached to an aromatic ring is 1. The molecule has 0 aliphatic rings. The van der Waals surface area contributed by atoms with Gasteiger partial charge in [0.05, 0.1) is 17.4 Å². The summed E-state index contributed by atoms with van der Waals surface area (Å²) in [6.45, 7) is 1.25. The summed E-state index contributed by atoms with van der Waals surface area (Å²) in [4.78, 5) is 20.3. The third-order valence-electron chi connectivity index (χ3n) is 2.60. The molecule has 5 heteroatoms. The minimum Gasteiger partial charge on any atom is -0.369 e. The highest BCUT2D eigenvalue weighted by Crippen LogP contribution is 2.12. The van der Waals surface area contributed by atoms with Crippen LogP contribution in [0.1, 0.15) is 5.56 Å². The van der Waals surface area contributed by atoms with Gasteiger partial charge in [0, 0.05) is 6.54 Å². The van der Waals surface area contributed by atoms with Gasteiger partial charge in [-0.3, -0.25) is 14.7 Å². The summed E-state index contributed by atoms with van der Waals surface area (Å²) in [5, 5.41) is 0.538. The first-order valence-corrected chi connectivity index (χ1v) is 5.50. The van der Waals surface area contributed by atoms with Crippen LogP contribution < -0.4 is 11.3 Å². The second-order valence-corrected chi connectivity index (χ2v) is 4.18. The molecule has 2 aromatic rings. The lowest BCUT2D eigenvalue weighted by atomic mass is 10.1. The fourth-order valence-corrected chi connectivity index (χ4v) is 1.83. The van der Waals surface area contributed by atoms with Gasteiger partial charge in [-0.1, -0.05) is 12.0 Å². The summed E-state index contributed by atoms with van der Waals surface area (Å²) in [5.41, 5.74) is 6.87. The lowest BCUT2D eigenvalue weighted by molar-refractivity contribution is 0.369. The average molecular weight is 242 g/mol. The van der Waals surface area contributed by atoms with Crippen LogP contribution >= 0.6 is 0 Å². The van der Waals surface area contributed by atoms with Crippen molar-refractivity contribution in [2.45, 2.75) is 6.54 Å². The molecule has 0 atom stereocenters. The predicted molar refractivity (Wildman–Crippen MR) is 71.9 cm³/mol. The number of hydrogen-bond acceptors (Lipinski definition) is 4. The zero-order valence-corrected chi connectivity index (χ0v) is 10.1. The number of fused-ring (bicyclic) bond motifs is 1. The summed E-state index contributed by atoms with van der Waals surface area (Å²) in [7, 11) is 1.93. The van der Waals surface area contributed by atoms with Crippen molar-refractivity contribution < 1.29 is 0 Å². The van der Waals surface area contributed by atoms with Crippen LogP contribution in [0.2, 0.25) is 0 Å². The Balaban J connectivity index is 2.39. The van der Waals surface area contributed by atoms with E-state index in [4.69, 9.17) is 12.2 Å². The third kappa shape index (κ3) is 2.50. The Labute approximate surface area is 105 Å². The number of nitrogens with two attached hydrogens (primary N) is 1. The minimum atomic E-state index is -0.223. The Morgan fingerprint density at radius 3 is 3.06 bits per heavy atom. The molecule has 1 aromatic carbocycles. The van der Waals surface area contributed by atoms with E-state index in [0.29, 0.717) is 24.0 Å². The first kappa shape index (κ1) is 12.1. The monoisotopic (exact) mass is 242 g/mol. The number of H-pyrrole nitrogens is 1. The largest absolute Gasteiger partial charge is 0.369 e. The molecule has 0 saturated carbocycles. The standard InChI is InChI=1S/C13H14N4O/c1-3-6-17(2)8-9-4-5-11-10(7-9)12(18)16-13(14)15-11/h1,4-5,7H,6,8H2,2H3,(H3,14,15,16,18). The van der Waals surface area contributed by atoms with Gasteiger partial charge in [-0.2, -0.15) is 0 Å². The van der Waals surface area contributed by atoms with Gasteiger partial charge in [-0.25, -0.2) is 4.98 Å². The minimum absolute atomic E-state index is 0.129. The Morgan fingerprint density at radius 1 is 1.56 bits per heavy atom. The van der Waals surface area contributed by atoms with Gasteiger partial charge < -0.3 is 5.73 Å². The number of nitrogens with zero attached hydrogens (tertiary/aromatic N) is 2. The number of hydrogen-bond donors (Lipinski definition) is 2. The molecule has 18 heavy (non-hydrogen) atoms. The second kappa shape index (κ2) is 4.90. The Hall–Kier alpha value is -2.32. The molecular formula is C13H14N4O. The van der Waals surface area contributed by atoms with Gasteiger partial charge >= 0.3 is 0 Å². The Morgan fingerprint density at radius 2 is 2.33 bits per heavy atom. The summed E-state index contributed by atoms with van der Waals surface area (Å²) in [5.74, 6) is 2.70. The molecule has 0 aliphatic heterocycles. The number of terminal acetylenes is 1. The van der Waals surface area contributed by atoms with Crippen molar-refractivity contribution in [2.75, 3.05) is 19.3 Å². The molecule has 1 aromatic heterocycles. The zero-order valence-electron chi connectivity index (χ0n) is 10.1. The first-order valence-electron chi connectivity index (χ1n) is 5.50. The van der Waals surface area contributed by atoms with Gasteiger partial charge in [0.15, 0.2) is 0 Å². The average Bonchev–Trinajstić information content (AvgIpc) is 2.30. The van der Waals surface area contributed by atoms with E-state index in [1.54, 1.807) is 6.07 Å². The van der Waals surface area contributed by atoms with Gasteiger partial charge in [-0.05, 0) is 24.7 Å². The fourth-order valence-electron chi connectivity index (χ4n) is 1.83. The van der Waals surface area contributed by atoms with Crippen molar-refractivity contribution in [3.05, 3.63) is 34.1 Å². The molecule has 0 aliphatic carbocycles. The Kier molecular flexibility index (Phi) is 3.31. The molecule has 0 bridgehead atoms. The molecule has 0 amide bonds. The molecule has 3 N–H and O–H groups in total. The number of benzene rings is 1. The maximum absolute atomic E-state index is 11.7. The highest BCUT2D eigenvalue weighted by molar-refractivity contribution is 5.79. The normalized spacial score (nSPS) is 10.7. The van der Waals surface area contributed by atoms with Crippen molar-refractivity contribution in [3.63, 3.8) is 0 Å². The molecule has 0 spiro atoms. The number of aromatic nitrogens is 2. The summed E-state index contributed by atoms with van der Waals surface area (Å²) in [6.07, 6.45) is 5.24. The SMILES string of the molecule is C#CCN(C)Cc1ccc2nc(N)[nH]c(=O)c2c1. The number of aromatic amines is 1. The summed E-state index contributed by atoms with van der Waals surface area (Å²) < 4.78 is 0. The summed E-state index contributed by atoms with van der Waals surface area (Å²) in [6, 6.07) is 5.52. The maximum atomic E-state index is 11.7. The lowest BCUT2D eigenvalue weighted by Crippen LogP contribution is -2.18. The van der Waals surface area contributed by atoms with Crippen LogP contribution in [0.4, 0.5) is 5.95 Å². The highest BCUT2D eigenvalue weighted by atomic mass is 16.1. The van der Waals surface area contributed by atoms with Gasteiger partial charge in [0.2, 0.25) is 5.95 Å². The second-order valence-electron chi connectivity index (χ2n) is 4.18. The van der Waals surface area contributed by atoms with Crippen LogP contribution in [0.3, 0.4) is 0 Å². The molecule has 2 rings (SSSR count). The van der Waals surface area contributed by atoms with Crippen LogP contribution in [0, 0.1) is 12.3 Å². The van der Waals surface area contributed by atoms with Crippen molar-refractivity contribution >= 4 is 16.9 Å². The van der Waals surface area contributed by atoms with Gasteiger partial charge in [0.1, 0.15) is 0 Å². The van der Waals surface area contributed by atoms with E-state index in [9.17, 15) is 4.79 Å². The maximum Gasteiger partial charge on any atom is 0.260 e. The quantitative estimate of drug-likeness (QED) is 0.772.